The van der Waals surface area contributed by atoms with E-state index in [1.807, 2.05) is 6.07 Å². The molecule has 1 aromatic carbocycles. The molecule has 0 fully saturated rings. The summed E-state index contributed by atoms with van der Waals surface area (Å²) in [6.45, 7) is 0. The predicted molar refractivity (Wildman–Crippen MR) is 72.9 cm³/mol. The Morgan fingerprint density at radius 1 is 1.33 bits per heavy atom. The third-order valence-electron chi connectivity index (χ3n) is 3.00. The van der Waals surface area contributed by atoms with Crippen molar-refractivity contribution in [3.63, 3.8) is 0 Å². The number of nitrogens with zero attached hydrogens (tertiary/aromatic N) is 3. The highest BCUT2D eigenvalue weighted by atomic mass is 16.3. The lowest BCUT2D eigenvalue weighted by molar-refractivity contribution is -0.131. The van der Waals surface area contributed by atoms with E-state index in [0.29, 0.717) is 11.3 Å². The maximum Gasteiger partial charge on any atom is 0.249 e. The number of nitrogen functional groups attached to an aromatic ring is 1. The third kappa shape index (κ3) is 2.69. The lowest BCUT2D eigenvalue weighted by atomic mass is 10.0. The monoisotopic (exact) mass is 287 g/mol. The summed E-state index contributed by atoms with van der Waals surface area (Å²) in [5, 5.41) is 32.0. The minimum atomic E-state index is -1.68. The van der Waals surface area contributed by atoms with Crippen LogP contribution in [0.1, 0.15) is 17.2 Å². The van der Waals surface area contributed by atoms with E-state index in [2.05, 4.69) is 5.10 Å². The van der Waals surface area contributed by atoms with Gasteiger partial charge in [0, 0.05) is 0 Å². The Labute approximate surface area is 119 Å². The van der Waals surface area contributed by atoms with Crippen molar-refractivity contribution in [2.45, 2.75) is 12.2 Å². The van der Waals surface area contributed by atoms with Gasteiger partial charge >= 0.3 is 0 Å². The number of aromatic nitrogens is 2. The van der Waals surface area contributed by atoms with E-state index < -0.39 is 18.1 Å². The Morgan fingerprint density at radius 3 is 2.43 bits per heavy atom. The van der Waals surface area contributed by atoms with E-state index in [0.717, 1.165) is 0 Å². The Kier molecular flexibility index (Phi) is 3.89. The molecule has 0 saturated carbocycles. The maximum absolute atomic E-state index is 10.8. The molecule has 2 aromatic rings. The fourth-order valence-corrected chi connectivity index (χ4v) is 1.80. The van der Waals surface area contributed by atoms with Crippen LogP contribution in [0.25, 0.3) is 5.69 Å². The summed E-state index contributed by atoms with van der Waals surface area (Å²) in [4.78, 5) is 10.8. The first-order chi connectivity index (χ1) is 9.95. The summed E-state index contributed by atoms with van der Waals surface area (Å²) in [6.07, 6.45) is -1.76. The minimum absolute atomic E-state index is 0.197. The van der Waals surface area contributed by atoms with Gasteiger partial charge in [0.05, 0.1) is 11.9 Å². The number of amides is 1. The molecule has 0 saturated heterocycles. The van der Waals surface area contributed by atoms with Gasteiger partial charge in [-0.05, 0) is 17.7 Å². The zero-order chi connectivity index (χ0) is 15.6. The molecule has 0 aliphatic heterocycles. The van der Waals surface area contributed by atoms with Crippen molar-refractivity contribution in [3.8, 4) is 11.8 Å². The van der Waals surface area contributed by atoms with Gasteiger partial charge in [0.1, 0.15) is 23.6 Å². The SMILES string of the molecule is N#Cc1cnn(-c2ccc(C(O)C(O)C(N)=O)cc2)c1N. The van der Waals surface area contributed by atoms with Gasteiger partial charge in [-0.25, -0.2) is 4.68 Å². The number of aliphatic hydroxyl groups is 2. The van der Waals surface area contributed by atoms with Crippen LogP contribution in [0.15, 0.2) is 30.5 Å². The first-order valence-corrected chi connectivity index (χ1v) is 5.95. The van der Waals surface area contributed by atoms with Crippen molar-refractivity contribution >= 4 is 11.7 Å². The normalized spacial score (nSPS) is 13.4. The van der Waals surface area contributed by atoms with Crippen molar-refractivity contribution in [1.29, 1.82) is 5.26 Å². The van der Waals surface area contributed by atoms with E-state index in [-0.39, 0.29) is 11.4 Å². The molecule has 6 N–H and O–H groups in total. The van der Waals surface area contributed by atoms with Gasteiger partial charge in [-0.3, -0.25) is 4.79 Å². The molecule has 1 amide bonds. The van der Waals surface area contributed by atoms with Crippen LogP contribution >= 0.6 is 0 Å². The number of carbonyl (C=O) groups is 1. The number of rotatable bonds is 4. The molecule has 0 aliphatic rings. The zero-order valence-corrected chi connectivity index (χ0v) is 10.8. The van der Waals surface area contributed by atoms with Crippen LogP contribution in [-0.4, -0.2) is 32.0 Å². The molecular formula is C13H13N5O3. The van der Waals surface area contributed by atoms with E-state index >= 15 is 0 Å². The van der Waals surface area contributed by atoms with Crippen LogP contribution in [0.5, 0.6) is 0 Å². The average Bonchev–Trinajstić information content (AvgIpc) is 2.86. The summed E-state index contributed by atoms with van der Waals surface area (Å²) >= 11 is 0. The van der Waals surface area contributed by atoms with E-state index in [1.165, 1.54) is 23.0 Å². The number of aliphatic hydroxyl groups excluding tert-OH is 2. The largest absolute Gasteiger partial charge is 0.385 e. The van der Waals surface area contributed by atoms with Gasteiger partial charge in [0.2, 0.25) is 5.91 Å². The Balaban J connectivity index is 2.29. The highest BCUT2D eigenvalue weighted by Crippen LogP contribution is 2.21. The Morgan fingerprint density at radius 2 is 1.95 bits per heavy atom. The Bertz CT molecular complexity index is 702. The van der Waals surface area contributed by atoms with Crippen LogP contribution in [0, 0.1) is 11.3 Å². The lowest BCUT2D eigenvalue weighted by Crippen LogP contribution is -2.33. The molecule has 2 unspecified atom stereocenters. The number of nitriles is 1. The van der Waals surface area contributed by atoms with Crippen molar-refractivity contribution in [2.75, 3.05) is 5.73 Å². The summed E-state index contributed by atoms with van der Waals surface area (Å²) in [7, 11) is 0. The molecule has 2 rings (SSSR count). The molecule has 8 nitrogen and oxygen atoms in total. The number of hydrogen-bond acceptors (Lipinski definition) is 6. The van der Waals surface area contributed by atoms with Gasteiger partial charge in [0.15, 0.2) is 6.10 Å². The zero-order valence-electron chi connectivity index (χ0n) is 10.8. The van der Waals surface area contributed by atoms with Crippen LogP contribution in [0.2, 0.25) is 0 Å². The van der Waals surface area contributed by atoms with Crippen LogP contribution < -0.4 is 11.5 Å². The summed E-state index contributed by atoms with van der Waals surface area (Å²) < 4.78 is 1.36. The van der Waals surface area contributed by atoms with Gasteiger partial charge < -0.3 is 21.7 Å². The maximum atomic E-state index is 10.8. The smallest absolute Gasteiger partial charge is 0.249 e. The van der Waals surface area contributed by atoms with Gasteiger partial charge in [-0.15, -0.1) is 0 Å². The second-order valence-corrected chi connectivity index (χ2v) is 4.35. The molecule has 108 valence electrons. The molecule has 0 aliphatic carbocycles. The Hall–Kier alpha value is -2.89. The molecule has 1 heterocycles. The number of carbonyl (C=O) groups excluding carboxylic acids is 1. The van der Waals surface area contributed by atoms with Crippen molar-refractivity contribution in [2.24, 2.45) is 5.73 Å². The lowest BCUT2D eigenvalue weighted by Gasteiger charge is -2.15. The first-order valence-electron chi connectivity index (χ1n) is 5.95. The van der Waals surface area contributed by atoms with Crippen LogP contribution in [0.3, 0.4) is 0 Å². The second-order valence-electron chi connectivity index (χ2n) is 4.35. The molecule has 0 bridgehead atoms. The summed E-state index contributed by atoms with van der Waals surface area (Å²) in [6, 6.07) is 8.07. The van der Waals surface area contributed by atoms with Gasteiger partial charge in [-0.1, -0.05) is 12.1 Å². The molecule has 2 atom stereocenters. The highest BCUT2D eigenvalue weighted by molar-refractivity contribution is 5.79. The van der Waals surface area contributed by atoms with Gasteiger partial charge in [0.25, 0.3) is 0 Å². The standard InChI is InChI=1S/C13H13N5O3/c14-5-8-6-17-18(12(8)15)9-3-1-7(2-4-9)10(19)11(20)13(16)21/h1-4,6,10-11,19-20H,15H2,(H2,16,21). The van der Waals surface area contributed by atoms with Crippen LogP contribution in [0.4, 0.5) is 5.82 Å². The molecule has 1 aromatic heterocycles. The predicted octanol–water partition coefficient (Wildman–Crippen LogP) is -0.794. The summed E-state index contributed by atoms with van der Waals surface area (Å²) in [5.74, 6) is -0.815. The molecule has 21 heavy (non-hydrogen) atoms. The molecule has 0 radical (unpaired) electrons. The third-order valence-corrected chi connectivity index (χ3v) is 3.00. The van der Waals surface area contributed by atoms with Gasteiger partial charge in [-0.2, -0.15) is 10.4 Å². The van der Waals surface area contributed by atoms with Crippen molar-refractivity contribution in [3.05, 3.63) is 41.6 Å². The number of nitrogens with two attached hydrogens (primary N) is 2. The number of hydrogen-bond donors (Lipinski definition) is 4. The number of benzene rings is 1. The molecule has 8 heteroatoms. The second kappa shape index (κ2) is 5.62. The van der Waals surface area contributed by atoms with Crippen molar-refractivity contribution in [1.82, 2.24) is 9.78 Å². The minimum Gasteiger partial charge on any atom is -0.385 e. The van der Waals surface area contributed by atoms with Crippen LogP contribution in [-0.2, 0) is 4.79 Å². The number of primary amides is 1. The highest BCUT2D eigenvalue weighted by Gasteiger charge is 2.23. The fraction of sp³-hybridized carbons (Fsp3) is 0.154. The number of anilines is 1. The quantitative estimate of drug-likeness (QED) is 0.578. The summed E-state index contributed by atoms with van der Waals surface area (Å²) in [5.41, 5.74) is 11.8. The van der Waals surface area contributed by atoms with E-state index in [4.69, 9.17) is 16.7 Å². The average molecular weight is 287 g/mol. The van der Waals surface area contributed by atoms with Crippen molar-refractivity contribution < 1.29 is 15.0 Å². The van der Waals surface area contributed by atoms with E-state index in [1.54, 1.807) is 12.1 Å². The molecular weight excluding hydrogens is 274 g/mol. The first kappa shape index (κ1) is 14.5. The fourth-order valence-electron chi connectivity index (χ4n) is 1.80. The van der Waals surface area contributed by atoms with E-state index in [9.17, 15) is 15.0 Å². The topological polar surface area (TPSA) is 151 Å². The molecule has 0 spiro atoms.